The van der Waals surface area contributed by atoms with Crippen molar-refractivity contribution in [2.75, 3.05) is 13.7 Å². The third kappa shape index (κ3) is 8.23. The highest BCUT2D eigenvalue weighted by Crippen LogP contribution is 2.27. The third-order valence-electron chi connectivity index (χ3n) is 4.11. The van der Waals surface area contributed by atoms with E-state index in [1.165, 1.54) is 0 Å². The Hall–Kier alpha value is -0.120. The summed E-state index contributed by atoms with van der Waals surface area (Å²) in [5.41, 5.74) is -0.258. The van der Waals surface area contributed by atoms with Crippen LogP contribution in [0.5, 0.6) is 0 Å². The first-order chi connectivity index (χ1) is 9.00. The normalized spacial score (nSPS) is 16.5. The predicted octanol–water partition coefficient (Wildman–Crippen LogP) is 4.44. The third-order valence-corrected chi connectivity index (χ3v) is 4.11. The van der Waals surface area contributed by atoms with Crippen LogP contribution in [0.15, 0.2) is 0 Å². The molecule has 0 saturated heterocycles. The molecule has 2 unspecified atom stereocenters. The van der Waals surface area contributed by atoms with Gasteiger partial charge in [-0.2, -0.15) is 0 Å². The minimum atomic E-state index is -0.140. The van der Waals surface area contributed by atoms with Crippen LogP contribution in [-0.4, -0.2) is 37.1 Å². The molecule has 2 atom stereocenters. The number of ether oxygens (including phenoxy) is 3. The number of hydrogen-bond acceptors (Lipinski definition) is 3. The Balaban J connectivity index is 4.20. The Kier molecular flexibility index (Phi) is 8.30. The lowest BCUT2D eigenvalue weighted by molar-refractivity contribution is -0.0945. The van der Waals surface area contributed by atoms with Gasteiger partial charge in [0.1, 0.15) is 0 Å². The molecule has 0 rings (SSSR count). The van der Waals surface area contributed by atoms with Gasteiger partial charge in [-0.3, -0.25) is 0 Å². The largest absolute Gasteiger partial charge is 0.379 e. The first-order valence-electron chi connectivity index (χ1n) is 7.84. The second-order valence-corrected chi connectivity index (χ2v) is 7.30. The van der Waals surface area contributed by atoms with Crippen LogP contribution >= 0.6 is 0 Å². The molecule has 0 radical (unpaired) electrons. The fourth-order valence-electron chi connectivity index (χ4n) is 2.11. The highest BCUT2D eigenvalue weighted by molar-refractivity contribution is 4.79. The second-order valence-electron chi connectivity index (χ2n) is 7.30. The Bertz CT molecular complexity index is 259. The zero-order valence-corrected chi connectivity index (χ0v) is 15.1. The van der Waals surface area contributed by atoms with Gasteiger partial charge >= 0.3 is 0 Å². The predicted molar refractivity (Wildman–Crippen MR) is 85.2 cm³/mol. The number of rotatable bonds is 10. The minimum absolute atomic E-state index is 0.118. The molecule has 0 bridgehead atoms. The summed E-state index contributed by atoms with van der Waals surface area (Å²) in [4.78, 5) is 0. The van der Waals surface area contributed by atoms with Gasteiger partial charge in [-0.05, 0) is 67.2 Å². The topological polar surface area (TPSA) is 27.7 Å². The van der Waals surface area contributed by atoms with Gasteiger partial charge < -0.3 is 14.2 Å². The Labute approximate surface area is 126 Å². The van der Waals surface area contributed by atoms with E-state index in [1.54, 1.807) is 7.11 Å². The first-order valence-corrected chi connectivity index (χ1v) is 7.84. The van der Waals surface area contributed by atoms with Crippen molar-refractivity contribution in [3.8, 4) is 0 Å². The van der Waals surface area contributed by atoms with Crippen LogP contribution in [0.3, 0.4) is 0 Å². The molecule has 0 fully saturated rings. The Morgan fingerprint density at radius 1 is 0.950 bits per heavy atom. The van der Waals surface area contributed by atoms with Crippen LogP contribution in [0.1, 0.15) is 68.2 Å². The van der Waals surface area contributed by atoms with E-state index in [1.807, 2.05) is 0 Å². The monoisotopic (exact) mass is 288 g/mol. The van der Waals surface area contributed by atoms with Crippen molar-refractivity contribution in [1.82, 2.24) is 0 Å². The van der Waals surface area contributed by atoms with Crippen LogP contribution in [0, 0.1) is 5.92 Å². The Morgan fingerprint density at radius 2 is 1.50 bits per heavy atom. The molecule has 3 heteroatoms. The zero-order chi connectivity index (χ0) is 16.0. The lowest BCUT2D eigenvalue weighted by Gasteiger charge is -2.35. The van der Waals surface area contributed by atoms with Gasteiger partial charge in [0.05, 0.1) is 30.0 Å². The van der Waals surface area contributed by atoms with Crippen molar-refractivity contribution in [2.24, 2.45) is 5.92 Å². The molecule has 3 nitrogen and oxygen atoms in total. The van der Waals surface area contributed by atoms with Crippen molar-refractivity contribution in [3.05, 3.63) is 0 Å². The molecule has 122 valence electrons. The Morgan fingerprint density at radius 3 is 1.95 bits per heavy atom. The van der Waals surface area contributed by atoms with Gasteiger partial charge in [-0.25, -0.2) is 0 Å². The van der Waals surface area contributed by atoms with E-state index in [0.717, 1.165) is 19.4 Å². The zero-order valence-electron chi connectivity index (χ0n) is 15.1. The van der Waals surface area contributed by atoms with Crippen molar-refractivity contribution in [1.29, 1.82) is 0 Å². The minimum Gasteiger partial charge on any atom is -0.379 e. The van der Waals surface area contributed by atoms with Crippen LogP contribution < -0.4 is 0 Å². The second kappa shape index (κ2) is 8.35. The smallest absolute Gasteiger partial charge is 0.0652 e. The van der Waals surface area contributed by atoms with Crippen LogP contribution in [0.2, 0.25) is 0 Å². The summed E-state index contributed by atoms with van der Waals surface area (Å²) in [6.07, 6.45) is 2.46. The lowest BCUT2D eigenvalue weighted by atomic mass is 9.87. The molecule has 0 spiro atoms. The molecule has 0 heterocycles. The first kappa shape index (κ1) is 19.9. The van der Waals surface area contributed by atoms with Crippen LogP contribution in [-0.2, 0) is 14.2 Å². The summed E-state index contributed by atoms with van der Waals surface area (Å²) < 4.78 is 17.3. The summed E-state index contributed by atoms with van der Waals surface area (Å²) in [5, 5.41) is 0. The average Bonchev–Trinajstić information content (AvgIpc) is 2.27. The van der Waals surface area contributed by atoms with Gasteiger partial charge in [0.2, 0.25) is 0 Å². The quantitative estimate of drug-likeness (QED) is 0.595. The molecule has 0 aromatic rings. The average molecular weight is 288 g/mol. The molecule has 0 aromatic heterocycles. The standard InChI is InChI=1S/C17H36O3/c1-13(2)20-15(4)12-14(3)17(7,8)19-11-10-16(5,6)18-9/h13-15H,10-12H2,1-9H3. The fourth-order valence-corrected chi connectivity index (χ4v) is 2.11. The molecular weight excluding hydrogens is 252 g/mol. The lowest BCUT2D eigenvalue weighted by Crippen LogP contribution is -2.37. The van der Waals surface area contributed by atoms with Gasteiger partial charge in [0, 0.05) is 7.11 Å². The molecule has 0 N–H and O–H groups in total. The number of hydrogen-bond donors (Lipinski definition) is 0. The van der Waals surface area contributed by atoms with Crippen LogP contribution in [0.25, 0.3) is 0 Å². The molecule has 0 aliphatic heterocycles. The summed E-state index contributed by atoms with van der Waals surface area (Å²) >= 11 is 0. The van der Waals surface area contributed by atoms with E-state index in [4.69, 9.17) is 14.2 Å². The maximum absolute atomic E-state index is 6.10. The van der Waals surface area contributed by atoms with E-state index in [9.17, 15) is 0 Å². The molecule has 20 heavy (non-hydrogen) atoms. The molecule has 0 aromatic carbocycles. The van der Waals surface area contributed by atoms with E-state index in [-0.39, 0.29) is 23.4 Å². The molecular formula is C17H36O3. The van der Waals surface area contributed by atoms with E-state index in [2.05, 4.69) is 55.4 Å². The summed E-state index contributed by atoms with van der Waals surface area (Å²) in [5.74, 6) is 0.446. The van der Waals surface area contributed by atoms with Gasteiger partial charge in [0.15, 0.2) is 0 Å². The molecule has 0 aliphatic rings. The van der Waals surface area contributed by atoms with Crippen LogP contribution in [0.4, 0.5) is 0 Å². The van der Waals surface area contributed by atoms with Crippen molar-refractivity contribution >= 4 is 0 Å². The highest BCUT2D eigenvalue weighted by Gasteiger charge is 2.29. The van der Waals surface area contributed by atoms with E-state index < -0.39 is 0 Å². The molecule has 0 saturated carbocycles. The van der Waals surface area contributed by atoms with E-state index >= 15 is 0 Å². The highest BCUT2D eigenvalue weighted by atomic mass is 16.5. The van der Waals surface area contributed by atoms with Crippen molar-refractivity contribution < 1.29 is 14.2 Å². The summed E-state index contributed by atoms with van der Waals surface area (Å²) in [6.45, 7) is 17.8. The maximum atomic E-state index is 6.10. The summed E-state index contributed by atoms with van der Waals surface area (Å²) in [6, 6.07) is 0. The summed E-state index contributed by atoms with van der Waals surface area (Å²) in [7, 11) is 1.75. The van der Waals surface area contributed by atoms with Crippen molar-refractivity contribution in [3.63, 3.8) is 0 Å². The number of methoxy groups -OCH3 is 1. The molecule has 0 amide bonds. The van der Waals surface area contributed by atoms with Gasteiger partial charge in [-0.15, -0.1) is 0 Å². The SMILES string of the molecule is COC(C)(C)CCOC(C)(C)C(C)CC(C)OC(C)C. The van der Waals surface area contributed by atoms with Crippen molar-refractivity contribution in [2.45, 2.75) is 91.6 Å². The fraction of sp³-hybridized carbons (Fsp3) is 1.00. The van der Waals surface area contributed by atoms with Gasteiger partial charge in [0.25, 0.3) is 0 Å². The maximum Gasteiger partial charge on any atom is 0.0652 e. The van der Waals surface area contributed by atoms with E-state index in [0.29, 0.717) is 5.92 Å². The molecule has 0 aliphatic carbocycles. The van der Waals surface area contributed by atoms with Gasteiger partial charge in [-0.1, -0.05) is 6.92 Å².